The number of aldehydes is 1. The molecule has 0 saturated heterocycles. The van der Waals surface area contributed by atoms with Crippen molar-refractivity contribution >= 4 is 28.5 Å². The molecule has 0 aliphatic carbocycles. The highest BCUT2D eigenvalue weighted by molar-refractivity contribution is 7.13. The van der Waals surface area contributed by atoms with Gasteiger partial charge in [-0.15, -0.1) is 11.3 Å². The fraction of sp³-hybridized carbons (Fsp3) is 0.0714. The lowest BCUT2D eigenvalue weighted by molar-refractivity contribution is 0.112. The third-order valence-corrected chi connectivity index (χ3v) is 3.90. The van der Waals surface area contributed by atoms with Gasteiger partial charge in [0.25, 0.3) is 0 Å². The van der Waals surface area contributed by atoms with Crippen molar-refractivity contribution in [3.8, 4) is 10.6 Å². The van der Waals surface area contributed by atoms with Crippen LogP contribution >= 0.6 is 11.3 Å². The van der Waals surface area contributed by atoms with Crippen molar-refractivity contribution in [1.29, 1.82) is 0 Å². The van der Waals surface area contributed by atoms with Crippen molar-refractivity contribution < 1.29 is 4.79 Å². The first-order chi connectivity index (χ1) is 8.33. The van der Waals surface area contributed by atoms with Crippen molar-refractivity contribution in [3.63, 3.8) is 0 Å². The van der Waals surface area contributed by atoms with Gasteiger partial charge in [-0.2, -0.15) is 0 Å². The van der Waals surface area contributed by atoms with Crippen molar-refractivity contribution in [2.45, 2.75) is 0 Å². The monoisotopic (exact) mass is 241 g/mol. The fourth-order valence-electron chi connectivity index (χ4n) is 2.25. The number of hydrogen-bond donors (Lipinski definition) is 0. The second-order valence-electron chi connectivity index (χ2n) is 3.93. The van der Waals surface area contributed by atoms with Crippen LogP contribution in [-0.4, -0.2) is 10.9 Å². The summed E-state index contributed by atoms with van der Waals surface area (Å²) in [5.74, 6) is 0. The molecule has 0 fully saturated rings. The van der Waals surface area contributed by atoms with Crippen LogP contribution in [-0.2, 0) is 7.05 Å². The normalized spacial score (nSPS) is 10.9. The van der Waals surface area contributed by atoms with Crippen LogP contribution < -0.4 is 0 Å². The van der Waals surface area contributed by atoms with Crippen LogP contribution in [0.1, 0.15) is 10.4 Å². The molecule has 3 heteroatoms. The molecule has 0 aliphatic heterocycles. The molecule has 0 atom stereocenters. The molecule has 0 bridgehead atoms. The van der Waals surface area contributed by atoms with Gasteiger partial charge in [0.15, 0.2) is 6.29 Å². The molecule has 17 heavy (non-hydrogen) atoms. The molecule has 0 saturated carbocycles. The first-order valence-corrected chi connectivity index (χ1v) is 6.27. The van der Waals surface area contributed by atoms with E-state index >= 15 is 0 Å². The molecule has 0 amide bonds. The first-order valence-electron chi connectivity index (χ1n) is 5.39. The number of para-hydroxylation sites is 1. The maximum Gasteiger partial charge on any atom is 0.152 e. The molecule has 2 aromatic heterocycles. The standard InChI is InChI=1S/C14H11NOS/c1-15-12-6-3-2-5-10(12)11(9-16)14(15)13-7-4-8-17-13/h2-9H,1H3. The smallest absolute Gasteiger partial charge is 0.152 e. The Bertz CT molecular complexity index is 680. The van der Waals surface area contributed by atoms with E-state index in [2.05, 4.69) is 4.57 Å². The third-order valence-electron chi connectivity index (χ3n) is 3.02. The molecule has 2 heterocycles. The summed E-state index contributed by atoms with van der Waals surface area (Å²) >= 11 is 1.66. The van der Waals surface area contributed by atoms with Crippen molar-refractivity contribution in [2.24, 2.45) is 7.05 Å². The van der Waals surface area contributed by atoms with E-state index in [4.69, 9.17) is 0 Å². The minimum Gasteiger partial charge on any atom is -0.342 e. The third kappa shape index (κ3) is 1.43. The predicted octanol–water partition coefficient (Wildman–Crippen LogP) is 3.72. The Morgan fingerprint density at radius 3 is 2.71 bits per heavy atom. The number of carbonyl (C=O) groups excluding carboxylic acids is 1. The zero-order chi connectivity index (χ0) is 11.8. The summed E-state index contributed by atoms with van der Waals surface area (Å²) in [6, 6.07) is 12.1. The van der Waals surface area contributed by atoms with E-state index in [0.29, 0.717) is 0 Å². The van der Waals surface area contributed by atoms with E-state index < -0.39 is 0 Å². The molecule has 0 aliphatic rings. The number of fused-ring (bicyclic) bond motifs is 1. The molecule has 0 spiro atoms. The molecular formula is C14H11NOS. The van der Waals surface area contributed by atoms with Gasteiger partial charge in [-0.05, 0) is 17.5 Å². The van der Waals surface area contributed by atoms with Crippen LogP contribution in [0.2, 0.25) is 0 Å². The molecule has 0 unspecified atom stereocenters. The summed E-state index contributed by atoms with van der Waals surface area (Å²) in [5.41, 5.74) is 2.89. The summed E-state index contributed by atoms with van der Waals surface area (Å²) in [6.45, 7) is 0. The molecule has 0 N–H and O–H groups in total. The highest BCUT2D eigenvalue weighted by Gasteiger charge is 2.15. The molecule has 3 rings (SSSR count). The van der Waals surface area contributed by atoms with Crippen LogP contribution in [0, 0.1) is 0 Å². The number of nitrogens with zero attached hydrogens (tertiary/aromatic N) is 1. The lowest BCUT2D eigenvalue weighted by atomic mass is 10.1. The minimum absolute atomic E-state index is 0.783. The zero-order valence-electron chi connectivity index (χ0n) is 9.38. The maximum absolute atomic E-state index is 11.3. The summed E-state index contributed by atoms with van der Waals surface area (Å²) in [5, 5.41) is 3.05. The lowest BCUT2D eigenvalue weighted by Crippen LogP contribution is -1.91. The van der Waals surface area contributed by atoms with Crippen LogP contribution in [0.4, 0.5) is 0 Å². The SMILES string of the molecule is Cn1c(-c2cccs2)c(C=O)c2ccccc21. The Hall–Kier alpha value is -1.87. The quantitative estimate of drug-likeness (QED) is 0.627. The first kappa shape index (κ1) is 10.3. The van der Waals surface area contributed by atoms with Gasteiger partial charge in [0.1, 0.15) is 0 Å². The van der Waals surface area contributed by atoms with Crippen LogP contribution in [0.15, 0.2) is 41.8 Å². The van der Waals surface area contributed by atoms with Crippen LogP contribution in [0.3, 0.4) is 0 Å². The number of rotatable bonds is 2. The number of hydrogen-bond acceptors (Lipinski definition) is 2. The van der Waals surface area contributed by atoms with Gasteiger partial charge in [0.2, 0.25) is 0 Å². The molecule has 1 aromatic carbocycles. The average molecular weight is 241 g/mol. The number of benzene rings is 1. The lowest BCUT2D eigenvalue weighted by Gasteiger charge is -2.01. The Morgan fingerprint density at radius 2 is 2.00 bits per heavy atom. The van der Waals surface area contributed by atoms with Gasteiger partial charge >= 0.3 is 0 Å². The van der Waals surface area contributed by atoms with Gasteiger partial charge in [0.05, 0.1) is 10.6 Å². The predicted molar refractivity (Wildman–Crippen MR) is 71.6 cm³/mol. The van der Waals surface area contributed by atoms with E-state index in [1.807, 2.05) is 48.8 Å². The van der Waals surface area contributed by atoms with E-state index in [1.165, 1.54) is 0 Å². The van der Waals surface area contributed by atoms with E-state index in [0.717, 1.165) is 33.3 Å². The zero-order valence-corrected chi connectivity index (χ0v) is 10.2. The van der Waals surface area contributed by atoms with E-state index in [-0.39, 0.29) is 0 Å². The minimum atomic E-state index is 0.783. The molecule has 3 aromatic rings. The highest BCUT2D eigenvalue weighted by Crippen LogP contribution is 2.34. The number of aromatic nitrogens is 1. The second-order valence-corrected chi connectivity index (χ2v) is 4.88. The maximum atomic E-state index is 11.3. The number of aryl methyl sites for hydroxylation is 1. The van der Waals surface area contributed by atoms with Gasteiger partial charge in [-0.25, -0.2) is 0 Å². The largest absolute Gasteiger partial charge is 0.342 e. The molecule has 84 valence electrons. The number of thiophene rings is 1. The Kier molecular flexibility index (Phi) is 2.34. The fourth-order valence-corrected chi connectivity index (χ4v) is 3.07. The van der Waals surface area contributed by atoms with E-state index in [9.17, 15) is 4.79 Å². The summed E-state index contributed by atoms with van der Waals surface area (Å²) in [4.78, 5) is 12.5. The van der Waals surface area contributed by atoms with Gasteiger partial charge in [-0.3, -0.25) is 4.79 Å². The summed E-state index contributed by atoms with van der Waals surface area (Å²) in [6.07, 6.45) is 0.956. The highest BCUT2D eigenvalue weighted by atomic mass is 32.1. The Morgan fingerprint density at radius 1 is 1.18 bits per heavy atom. The molecular weight excluding hydrogens is 230 g/mol. The van der Waals surface area contributed by atoms with Crippen molar-refractivity contribution in [1.82, 2.24) is 4.57 Å². The average Bonchev–Trinajstić information content (AvgIpc) is 2.96. The van der Waals surface area contributed by atoms with Gasteiger partial charge < -0.3 is 4.57 Å². The second kappa shape index (κ2) is 3.86. The summed E-state index contributed by atoms with van der Waals surface area (Å²) < 4.78 is 2.09. The number of carbonyl (C=O) groups is 1. The van der Waals surface area contributed by atoms with Crippen LogP contribution in [0.25, 0.3) is 21.5 Å². The van der Waals surface area contributed by atoms with Crippen molar-refractivity contribution in [2.75, 3.05) is 0 Å². The molecule has 2 nitrogen and oxygen atoms in total. The Labute approximate surface area is 103 Å². The van der Waals surface area contributed by atoms with Gasteiger partial charge in [0, 0.05) is 23.5 Å². The van der Waals surface area contributed by atoms with Crippen LogP contribution in [0.5, 0.6) is 0 Å². The topological polar surface area (TPSA) is 22.0 Å². The summed E-state index contributed by atoms with van der Waals surface area (Å²) in [7, 11) is 2.00. The van der Waals surface area contributed by atoms with Gasteiger partial charge in [-0.1, -0.05) is 24.3 Å². The van der Waals surface area contributed by atoms with E-state index in [1.54, 1.807) is 11.3 Å². The molecule has 0 radical (unpaired) electrons. The Balaban J connectivity index is 2.45. The van der Waals surface area contributed by atoms with Crippen molar-refractivity contribution in [3.05, 3.63) is 47.3 Å².